The van der Waals surface area contributed by atoms with Gasteiger partial charge in [0.05, 0.1) is 17.7 Å². The van der Waals surface area contributed by atoms with E-state index in [4.69, 9.17) is 5.11 Å². The van der Waals surface area contributed by atoms with E-state index >= 15 is 0 Å². The van der Waals surface area contributed by atoms with Crippen molar-refractivity contribution in [1.82, 2.24) is 5.32 Å². The SMILES string of the molecule is CCCS(=O)(=O)Nc1cccc(C(=O)NC(CC)(CC)CC(=O)O)c1. The Labute approximate surface area is 148 Å². The number of amides is 1. The van der Waals surface area contributed by atoms with Crippen molar-refractivity contribution in [2.24, 2.45) is 0 Å². The minimum atomic E-state index is -3.45. The highest BCUT2D eigenvalue weighted by Gasteiger charge is 2.31. The van der Waals surface area contributed by atoms with Gasteiger partial charge in [0.25, 0.3) is 5.91 Å². The largest absolute Gasteiger partial charge is 0.481 e. The van der Waals surface area contributed by atoms with Crippen LogP contribution in [0.25, 0.3) is 0 Å². The number of carbonyl (C=O) groups is 2. The lowest BCUT2D eigenvalue weighted by Crippen LogP contribution is -2.49. The van der Waals surface area contributed by atoms with Crippen molar-refractivity contribution in [2.75, 3.05) is 10.5 Å². The molecule has 0 radical (unpaired) electrons. The molecule has 0 heterocycles. The van der Waals surface area contributed by atoms with Crippen molar-refractivity contribution >= 4 is 27.6 Å². The molecule has 1 aromatic carbocycles. The summed E-state index contributed by atoms with van der Waals surface area (Å²) in [5.41, 5.74) is -0.257. The number of carbonyl (C=O) groups excluding carboxylic acids is 1. The Balaban J connectivity index is 2.99. The van der Waals surface area contributed by atoms with E-state index in [0.717, 1.165) is 0 Å². The van der Waals surface area contributed by atoms with Gasteiger partial charge < -0.3 is 10.4 Å². The van der Waals surface area contributed by atoms with Crippen molar-refractivity contribution in [3.05, 3.63) is 29.8 Å². The smallest absolute Gasteiger partial charge is 0.305 e. The van der Waals surface area contributed by atoms with E-state index in [-0.39, 0.29) is 17.7 Å². The summed E-state index contributed by atoms with van der Waals surface area (Å²) in [6.45, 7) is 5.41. The molecule has 0 aliphatic heterocycles. The van der Waals surface area contributed by atoms with Crippen molar-refractivity contribution < 1.29 is 23.1 Å². The standard InChI is InChI=1S/C17H26N2O5S/c1-4-10-25(23,24)19-14-9-7-8-13(11-14)16(22)18-17(5-2,6-3)12-15(20)21/h7-9,11,19H,4-6,10,12H2,1-3H3,(H,18,22)(H,20,21). The minimum absolute atomic E-state index is 0.00316. The van der Waals surface area contributed by atoms with Crippen LogP contribution >= 0.6 is 0 Å². The summed E-state index contributed by atoms with van der Waals surface area (Å²) < 4.78 is 26.1. The first-order chi connectivity index (χ1) is 11.7. The first kappa shape index (κ1) is 21.0. The quantitative estimate of drug-likeness (QED) is 0.586. The molecule has 0 fully saturated rings. The van der Waals surface area contributed by atoms with E-state index in [1.165, 1.54) is 6.07 Å². The summed E-state index contributed by atoms with van der Waals surface area (Å²) in [6.07, 6.45) is 1.27. The van der Waals surface area contributed by atoms with E-state index < -0.39 is 27.4 Å². The van der Waals surface area contributed by atoms with Crippen molar-refractivity contribution in [3.8, 4) is 0 Å². The lowest BCUT2D eigenvalue weighted by Gasteiger charge is -2.31. The maximum Gasteiger partial charge on any atom is 0.305 e. The Morgan fingerprint density at radius 2 is 1.80 bits per heavy atom. The zero-order chi connectivity index (χ0) is 19.1. The fourth-order valence-corrected chi connectivity index (χ4v) is 3.67. The summed E-state index contributed by atoms with van der Waals surface area (Å²) in [6, 6.07) is 6.15. The third-order valence-electron chi connectivity index (χ3n) is 4.09. The second-order valence-corrected chi connectivity index (χ2v) is 7.86. The lowest BCUT2D eigenvalue weighted by atomic mass is 9.88. The molecule has 1 amide bonds. The van der Waals surface area contributed by atoms with E-state index in [1.807, 2.05) is 13.8 Å². The third-order valence-corrected chi connectivity index (χ3v) is 5.59. The summed E-state index contributed by atoms with van der Waals surface area (Å²) >= 11 is 0. The molecule has 0 saturated heterocycles. The second-order valence-electron chi connectivity index (χ2n) is 6.01. The van der Waals surface area contributed by atoms with Crippen LogP contribution in [0.2, 0.25) is 0 Å². The molecule has 0 spiro atoms. The highest BCUT2D eigenvalue weighted by atomic mass is 32.2. The fourth-order valence-electron chi connectivity index (χ4n) is 2.55. The predicted octanol–water partition coefficient (Wildman–Crippen LogP) is 2.60. The maximum absolute atomic E-state index is 12.5. The monoisotopic (exact) mass is 370 g/mol. The van der Waals surface area contributed by atoms with Gasteiger partial charge in [0.15, 0.2) is 0 Å². The fraction of sp³-hybridized carbons (Fsp3) is 0.529. The number of rotatable bonds is 10. The molecule has 0 saturated carbocycles. The van der Waals surface area contributed by atoms with Crippen LogP contribution in [0.3, 0.4) is 0 Å². The molecular weight excluding hydrogens is 344 g/mol. The highest BCUT2D eigenvalue weighted by molar-refractivity contribution is 7.92. The Bertz CT molecular complexity index is 712. The number of carboxylic acid groups (broad SMARTS) is 1. The minimum Gasteiger partial charge on any atom is -0.481 e. The molecule has 1 aromatic rings. The van der Waals surface area contributed by atoms with Crippen molar-refractivity contribution in [2.45, 2.75) is 52.0 Å². The van der Waals surface area contributed by atoms with Gasteiger partial charge in [0.2, 0.25) is 10.0 Å². The van der Waals surface area contributed by atoms with Gasteiger partial charge in [0, 0.05) is 11.3 Å². The molecule has 0 aliphatic carbocycles. The Hall–Kier alpha value is -2.09. The van der Waals surface area contributed by atoms with Gasteiger partial charge in [-0.2, -0.15) is 0 Å². The number of carboxylic acids is 1. The molecular formula is C17H26N2O5S. The molecule has 25 heavy (non-hydrogen) atoms. The molecule has 7 nitrogen and oxygen atoms in total. The average molecular weight is 370 g/mol. The van der Waals surface area contributed by atoms with Gasteiger partial charge in [-0.1, -0.05) is 26.8 Å². The Kier molecular flexibility index (Phi) is 7.41. The van der Waals surface area contributed by atoms with E-state index in [2.05, 4.69) is 10.0 Å². The predicted molar refractivity (Wildman–Crippen MR) is 97.2 cm³/mol. The van der Waals surface area contributed by atoms with Crippen LogP contribution in [0.5, 0.6) is 0 Å². The van der Waals surface area contributed by atoms with E-state index in [9.17, 15) is 18.0 Å². The maximum atomic E-state index is 12.5. The molecule has 140 valence electrons. The normalized spacial score (nSPS) is 11.8. The van der Waals surface area contributed by atoms with Crippen LogP contribution in [-0.2, 0) is 14.8 Å². The van der Waals surface area contributed by atoms with Crippen LogP contribution < -0.4 is 10.0 Å². The van der Waals surface area contributed by atoms with Gasteiger partial charge in [-0.05, 0) is 37.5 Å². The second kappa shape index (κ2) is 8.84. The summed E-state index contributed by atoms with van der Waals surface area (Å²) in [7, 11) is -3.45. The first-order valence-electron chi connectivity index (χ1n) is 8.31. The Morgan fingerprint density at radius 1 is 1.16 bits per heavy atom. The molecule has 3 N–H and O–H groups in total. The van der Waals surface area contributed by atoms with Crippen LogP contribution in [0.15, 0.2) is 24.3 Å². The molecule has 0 atom stereocenters. The van der Waals surface area contributed by atoms with Crippen LogP contribution in [-0.4, -0.2) is 36.7 Å². The number of aliphatic carboxylic acids is 1. The van der Waals surface area contributed by atoms with Crippen molar-refractivity contribution in [1.29, 1.82) is 0 Å². The summed E-state index contributed by atoms with van der Waals surface area (Å²) in [5.74, 6) is -1.41. The average Bonchev–Trinajstić information content (AvgIpc) is 2.53. The first-order valence-corrected chi connectivity index (χ1v) is 9.97. The van der Waals surface area contributed by atoms with Crippen LogP contribution in [0.4, 0.5) is 5.69 Å². The van der Waals surface area contributed by atoms with Crippen molar-refractivity contribution in [3.63, 3.8) is 0 Å². The third kappa shape index (κ3) is 6.38. The molecule has 0 bridgehead atoms. The molecule has 0 unspecified atom stereocenters. The topological polar surface area (TPSA) is 113 Å². The lowest BCUT2D eigenvalue weighted by molar-refractivity contribution is -0.138. The highest BCUT2D eigenvalue weighted by Crippen LogP contribution is 2.21. The van der Waals surface area contributed by atoms with Crippen LogP contribution in [0, 0.1) is 0 Å². The number of hydrogen-bond donors (Lipinski definition) is 3. The number of sulfonamides is 1. The summed E-state index contributed by atoms with van der Waals surface area (Å²) in [5, 5.41) is 11.9. The Morgan fingerprint density at radius 3 is 2.32 bits per heavy atom. The van der Waals surface area contributed by atoms with E-state index in [1.54, 1.807) is 25.1 Å². The number of benzene rings is 1. The molecule has 0 aliphatic rings. The van der Waals surface area contributed by atoms with Gasteiger partial charge in [-0.15, -0.1) is 0 Å². The number of hydrogen-bond acceptors (Lipinski definition) is 4. The zero-order valence-electron chi connectivity index (χ0n) is 14.8. The van der Waals surface area contributed by atoms with Gasteiger partial charge in [-0.25, -0.2) is 8.42 Å². The van der Waals surface area contributed by atoms with Gasteiger partial charge >= 0.3 is 5.97 Å². The van der Waals surface area contributed by atoms with E-state index in [0.29, 0.717) is 24.9 Å². The summed E-state index contributed by atoms with van der Waals surface area (Å²) in [4.78, 5) is 23.6. The molecule has 0 aromatic heterocycles. The van der Waals surface area contributed by atoms with Crippen LogP contribution in [0.1, 0.15) is 56.8 Å². The molecule has 1 rings (SSSR count). The number of anilines is 1. The van der Waals surface area contributed by atoms with Gasteiger partial charge in [0.1, 0.15) is 0 Å². The molecule has 8 heteroatoms. The zero-order valence-corrected chi connectivity index (χ0v) is 15.6. The van der Waals surface area contributed by atoms with Gasteiger partial charge in [-0.3, -0.25) is 14.3 Å². The number of nitrogens with one attached hydrogen (secondary N) is 2.